The minimum Gasteiger partial charge on any atom is -0.467 e. The van der Waals surface area contributed by atoms with E-state index in [0.29, 0.717) is 27.2 Å². The van der Waals surface area contributed by atoms with Gasteiger partial charge >= 0.3 is 0 Å². The zero-order valence-electron chi connectivity index (χ0n) is 22.1. The minimum atomic E-state index is -0.849. The Morgan fingerprint density at radius 1 is 1.02 bits per heavy atom. The van der Waals surface area contributed by atoms with Crippen LogP contribution in [0.25, 0.3) is 21.8 Å². The zero-order chi connectivity index (χ0) is 28.5. The van der Waals surface area contributed by atoms with Gasteiger partial charge in [0.05, 0.1) is 24.1 Å². The second kappa shape index (κ2) is 11.2. The van der Waals surface area contributed by atoms with Crippen molar-refractivity contribution in [3.05, 3.63) is 107 Å². The molecule has 0 saturated carbocycles. The fourth-order valence-electron chi connectivity index (χ4n) is 4.98. The normalized spacial score (nSPS) is 16.1. The number of rotatable bonds is 7. The monoisotopic (exact) mass is 583 g/mol. The van der Waals surface area contributed by atoms with E-state index in [1.807, 2.05) is 30.3 Å². The smallest absolute Gasteiger partial charge is 0.256 e. The van der Waals surface area contributed by atoms with Gasteiger partial charge in [-0.25, -0.2) is 4.99 Å². The van der Waals surface area contributed by atoms with E-state index >= 15 is 0 Å². The van der Waals surface area contributed by atoms with Gasteiger partial charge in [0.25, 0.3) is 5.91 Å². The fourth-order valence-corrected chi connectivity index (χ4v) is 6.22. The third kappa shape index (κ3) is 5.21. The molecular weight excluding hydrogens is 558 g/mol. The third-order valence-electron chi connectivity index (χ3n) is 6.90. The number of carbonyl (C=O) groups excluding carboxylic acids is 2. The van der Waals surface area contributed by atoms with E-state index < -0.39 is 11.2 Å². The quantitative estimate of drug-likeness (QED) is 0.206. The molecule has 5 aromatic rings. The number of nitrogens with zero attached hydrogens (tertiary/aromatic N) is 2. The number of benzene rings is 3. The Bertz CT molecular complexity index is 1840. The van der Waals surface area contributed by atoms with Crippen LogP contribution in [0.3, 0.4) is 0 Å². The molecular formula is C31H26ClN5O3S. The van der Waals surface area contributed by atoms with Crippen molar-refractivity contribution in [3.8, 4) is 0 Å². The topological polar surface area (TPSA) is 115 Å². The van der Waals surface area contributed by atoms with E-state index in [1.54, 1.807) is 36.4 Å². The molecule has 0 saturated heterocycles. The Labute approximate surface area is 245 Å². The number of carbonyl (C=O) groups is 2. The molecule has 1 atom stereocenters. The number of anilines is 1. The van der Waals surface area contributed by atoms with Crippen molar-refractivity contribution < 1.29 is 14.0 Å². The van der Waals surface area contributed by atoms with Crippen molar-refractivity contribution >= 4 is 73.4 Å². The summed E-state index contributed by atoms with van der Waals surface area (Å²) in [7, 11) is 0. The highest BCUT2D eigenvalue weighted by atomic mass is 35.5. The van der Waals surface area contributed by atoms with Gasteiger partial charge in [-0.2, -0.15) is 0 Å². The Balaban J connectivity index is 1.30. The summed E-state index contributed by atoms with van der Waals surface area (Å²) in [6.07, 6.45) is 1.53. The molecule has 0 aliphatic carbocycles. The fraction of sp³-hybridized carbons (Fsp3) is 0.129. The van der Waals surface area contributed by atoms with Crippen molar-refractivity contribution in [2.45, 2.75) is 25.3 Å². The maximum absolute atomic E-state index is 13.6. The van der Waals surface area contributed by atoms with Crippen molar-refractivity contribution in [1.29, 1.82) is 0 Å². The Morgan fingerprint density at radius 3 is 2.56 bits per heavy atom. The van der Waals surface area contributed by atoms with Gasteiger partial charge in [-0.3, -0.25) is 9.59 Å². The molecule has 3 aromatic carbocycles. The summed E-state index contributed by atoms with van der Waals surface area (Å²) < 4.78 is 7.57. The molecule has 2 amide bonds. The van der Waals surface area contributed by atoms with Crippen molar-refractivity contribution in [2.24, 2.45) is 10.7 Å². The van der Waals surface area contributed by atoms with Crippen LogP contribution >= 0.6 is 23.4 Å². The lowest BCUT2D eigenvalue weighted by atomic mass is 10.1. The number of aromatic nitrogens is 1. The van der Waals surface area contributed by atoms with Crippen LogP contribution in [0.2, 0.25) is 5.02 Å². The van der Waals surface area contributed by atoms with Crippen molar-refractivity contribution in [1.82, 2.24) is 9.88 Å². The number of hydrogen-bond donors (Lipinski definition) is 3. The summed E-state index contributed by atoms with van der Waals surface area (Å²) in [5.74, 6) is -0.194. The van der Waals surface area contributed by atoms with Crippen LogP contribution in [-0.2, 0) is 22.7 Å². The molecule has 41 heavy (non-hydrogen) atoms. The van der Waals surface area contributed by atoms with E-state index in [1.165, 1.54) is 6.26 Å². The second-order valence-electron chi connectivity index (χ2n) is 9.47. The van der Waals surface area contributed by atoms with Gasteiger partial charge in [-0.15, -0.1) is 0 Å². The predicted octanol–water partition coefficient (Wildman–Crippen LogP) is 6.37. The van der Waals surface area contributed by atoms with Crippen LogP contribution in [0.1, 0.15) is 12.7 Å². The lowest BCUT2D eigenvalue weighted by Crippen LogP contribution is -2.31. The lowest BCUT2D eigenvalue weighted by molar-refractivity contribution is -0.117. The van der Waals surface area contributed by atoms with Crippen LogP contribution in [0.5, 0.6) is 0 Å². The average molecular weight is 584 g/mol. The molecule has 2 aromatic heterocycles. The highest BCUT2D eigenvalue weighted by Gasteiger charge is 2.38. The zero-order valence-corrected chi connectivity index (χ0v) is 23.6. The molecule has 1 aliphatic heterocycles. The number of thioether (sulfide) groups is 1. The summed E-state index contributed by atoms with van der Waals surface area (Å²) in [6, 6.07) is 24.5. The first kappa shape index (κ1) is 26.7. The first-order chi connectivity index (χ1) is 19.9. The van der Waals surface area contributed by atoms with E-state index in [0.717, 1.165) is 40.1 Å². The minimum absolute atomic E-state index is 0.140. The molecule has 0 bridgehead atoms. The van der Waals surface area contributed by atoms with Gasteiger partial charge < -0.3 is 25.4 Å². The first-order valence-electron chi connectivity index (χ1n) is 13.1. The summed E-state index contributed by atoms with van der Waals surface area (Å²) in [6.45, 7) is 3.11. The number of nitrogens with one attached hydrogen (secondary N) is 2. The summed E-state index contributed by atoms with van der Waals surface area (Å²) in [5, 5.41) is 8.05. The third-order valence-corrected chi connectivity index (χ3v) is 8.37. The molecule has 206 valence electrons. The molecule has 0 fully saturated rings. The largest absolute Gasteiger partial charge is 0.467 e. The number of furan rings is 1. The molecule has 8 nitrogen and oxygen atoms in total. The molecule has 10 heteroatoms. The van der Waals surface area contributed by atoms with E-state index in [4.69, 9.17) is 21.8 Å². The molecule has 3 heterocycles. The number of nitrogens with two attached hydrogens (primary N) is 1. The molecule has 0 radical (unpaired) electrons. The van der Waals surface area contributed by atoms with Crippen LogP contribution in [0, 0.1) is 0 Å². The van der Waals surface area contributed by atoms with Crippen LogP contribution in [0.15, 0.2) is 106 Å². The molecule has 1 unspecified atom stereocenters. The van der Waals surface area contributed by atoms with Crippen LogP contribution < -0.4 is 16.4 Å². The maximum Gasteiger partial charge on any atom is 0.256 e. The predicted molar refractivity (Wildman–Crippen MR) is 165 cm³/mol. The van der Waals surface area contributed by atoms with Gasteiger partial charge in [0.2, 0.25) is 5.91 Å². The van der Waals surface area contributed by atoms with Gasteiger partial charge in [-0.05, 0) is 67.6 Å². The number of fused-ring (bicyclic) bond motifs is 3. The molecule has 4 N–H and O–H groups in total. The number of aliphatic imine (C=N–C) groups is 1. The number of hydrogen-bond acceptors (Lipinski definition) is 6. The summed E-state index contributed by atoms with van der Waals surface area (Å²) in [5.41, 5.74) is 10.2. The molecule has 1 aliphatic rings. The van der Waals surface area contributed by atoms with Gasteiger partial charge in [-0.1, -0.05) is 41.6 Å². The SMILES string of the molecule is CCn1c2ccccc2c2cc(NC(=O)C3SC(=Nc4ccc(Cl)cc4)C(C(=O)NCc4ccco4)=C3N)ccc21. The number of para-hydroxylation sites is 1. The Morgan fingerprint density at radius 2 is 1.80 bits per heavy atom. The van der Waals surface area contributed by atoms with Gasteiger partial charge in [0.1, 0.15) is 16.1 Å². The Kier molecular flexibility index (Phi) is 7.30. The summed E-state index contributed by atoms with van der Waals surface area (Å²) in [4.78, 5) is 31.5. The van der Waals surface area contributed by atoms with E-state index in [2.05, 4.69) is 39.2 Å². The standard InChI is InChI=1S/C31H26ClN5O3S/c1-2-37-24-8-4-3-7-22(24)23-16-20(13-14-25(23)37)35-30(39)28-27(33)26(29(38)34-17-21-6-5-15-40-21)31(41-28)36-19-11-9-18(32)10-12-19/h3-16,28H,2,17,33H2,1H3,(H,34,38)(H,35,39). The number of halogens is 1. The average Bonchev–Trinajstić information content (AvgIpc) is 3.69. The van der Waals surface area contributed by atoms with Gasteiger partial charge in [0, 0.05) is 44.8 Å². The van der Waals surface area contributed by atoms with Crippen LogP contribution in [-0.4, -0.2) is 26.7 Å². The Hall–Kier alpha value is -4.47. The maximum atomic E-state index is 13.6. The molecule has 0 spiro atoms. The first-order valence-corrected chi connectivity index (χ1v) is 14.3. The summed E-state index contributed by atoms with van der Waals surface area (Å²) >= 11 is 7.17. The van der Waals surface area contributed by atoms with Crippen LogP contribution in [0.4, 0.5) is 11.4 Å². The van der Waals surface area contributed by atoms with E-state index in [-0.39, 0.29) is 23.7 Å². The highest BCUT2D eigenvalue weighted by molar-refractivity contribution is 8.16. The van der Waals surface area contributed by atoms with Gasteiger partial charge in [0.15, 0.2) is 0 Å². The van der Waals surface area contributed by atoms with Crippen molar-refractivity contribution in [2.75, 3.05) is 5.32 Å². The van der Waals surface area contributed by atoms with E-state index in [9.17, 15) is 9.59 Å². The highest BCUT2D eigenvalue weighted by Crippen LogP contribution is 2.36. The van der Waals surface area contributed by atoms with Crippen molar-refractivity contribution in [3.63, 3.8) is 0 Å². The number of aryl methyl sites for hydroxylation is 1. The second-order valence-corrected chi connectivity index (χ2v) is 11.0. The molecule has 6 rings (SSSR count). The number of amides is 2. The lowest BCUT2D eigenvalue weighted by Gasteiger charge is -2.12.